The fourth-order valence-electron chi connectivity index (χ4n) is 3.78. The molecule has 3 aliphatic carbocycles. The fourth-order valence-corrected chi connectivity index (χ4v) is 3.78. The van der Waals surface area contributed by atoms with Crippen molar-refractivity contribution in [3.63, 3.8) is 0 Å². The van der Waals surface area contributed by atoms with Crippen molar-refractivity contribution in [2.75, 3.05) is 0 Å². The molecule has 0 fully saturated rings. The molecule has 0 saturated carbocycles. The van der Waals surface area contributed by atoms with Crippen molar-refractivity contribution in [2.45, 2.75) is 6.10 Å². The normalized spacial score (nSPS) is 32.8. The number of benzene rings is 1. The predicted octanol–water partition coefficient (Wildman–Crippen LogP) is 3.29. The summed E-state index contributed by atoms with van der Waals surface area (Å²) in [6.45, 7) is 0. The molecule has 0 bridgehead atoms. The van der Waals surface area contributed by atoms with E-state index in [1.807, 2.05) is 6.08 Å². The van der Waals surface area contributed by atoms with Crippen LogP contribution in [0.25, 0.3) is 0 Å². The van der Waals surface area contributed by atoms with E-state index in [0.29, 0.717) is 23.3 Å². The highest BCUT2D eigenvalue weighted by atomic mass is 16.6. The van der Waals surface area contributed by atoms with Gasteiger partial charge in [0.25, 0.3) is 5.69 Å². The first kappa shape index (κ1) is 13.9. The van der Waals surface area contributed by atoms with Gasteiger partial charge in [0, 0.05) is 18.1 Å². The zero-order valence-electron chi connectivity index (χ0n) is 12.2. The third-order valence-corrected chi connectivity index (χ3v) is 4.90. The van der Waals surface area contributed by atoms with E-state index in [0.717, 1.165) is 0 Å². The summed E-state index contributed by atoms with van der Waals surface area (Å²) in [7, 11) is 0. The maximum Gasteiger partial charge on any atom is 0.338 e. The first-order chi connectivity index (χ1) is 11.1. The molecule has 23 heavy (non-hydrogen) atoms. The van der Waals surface area contributed by atoms with Gasteiger partial charge in [0.2, 0.25) is 0 Å². The topological polar surface area (TPSA) is 69.4 Å². The quantitative estimate of drug-likeness (QED) is 0.372. The number of ether oxygens (including phenoxy) is 1. The highest BCUT2D eigenvalue weighted by Crippen LogP contribution is 2.47. The number of carbonyl (C=O) groups is 1. The minimum Gasteiger partial charge on any atom is -0.454 e. The molecule has 5 atom stereocenters. The highest BCUT2D eigenvalue weighted by Gasteiger charge is 2.44. The molecule has 0 heterocycles. The van der Waals surface area contributed by atoms with Crippen LogP contribution in [-0.2, 0) is 4.74 Å². The maximum absolute atomic E-state index is 12.3. The van der Waals surface area contributed by atoms with Crippen molar-refractivity contribution in [3.05, 3.63) is 76.4 Å². The van der Waals surface area contributed by atoms with Crippen LogP contribution in [-0.4, -0.2) is 17.0 Å². The van der Waals surface area contributed by atoms with Crippen LogP contribution in [0.1, 0.15) is 10.4 Å². The summed E-state index contributed by atoms with van der Waals surface area (Å²) in [6.07, 6.45) is 12.6. The van der Waals surface area contributed by atoms with Crippen molar-refractivity contribution in [1.82, 2.24) is 0 Å². The largest absolute Gasteiger partial charge is 0.454 e. The van der Waals surface area contributed by atoms with Crippen LogP contribution in [0.15, 0.2) is 60.7 Å². The minimum atomic E-state index is -0.490. The van der Waals surface area contributed by atoms with Crippen molar-refractivity contribution in [1.29, 1.82) is 0 Å². The van der Waals surface area contributed by atoms with Crippen molar-refractivity contribution in [3.8, 4) is 0 Å². The Hall–Kier alpha value is -2.69. The summed E-state index contributed by atoms with van der Waals surface area (Å²) in [6, 6.07) is 5.49. The van der Waals surface area contributed by atoms with E-state index in [2.05, 4.69) is 30.4 Å². The van der Waals surface area contributed by atoms with Gasteiger partial charge in [0.15, 0.2) is 0 Å². The number of esters is 1. The van der Waals surface area contributed by atoms with Gasteiger partial charge in [-0.3, -0.25) is 10.1 Å². The number of hydrogen-bond acceptors (Lipinski definition) is 4. The molecule has 116 valence electrons. The Morgan fingerprint density at radius 1 is 0.957 bits per heavy atom. The third-order valence-electron chi connectivity index (χ3n) is 4.90. The Bertz CT molecular complexity index is 747. The van der Waals surface area contributed by atoms with Gasteiger partial charge in [-0.25, -0.2) is 4.79 Å². The van der Waals surface area contributed by atoms with E-state index in [4.69, 9.17) is 4.74 Å². The Morgan fingerprint density at radius 3 is 2.22 bits per heavy atom. The Labute approximate surface area is 133 Å². The van der Waals surface area contributed by atoms with Crippen LogP contribution >= 0.6 is 0 Å². The molecule has 0 amide bonds. The summed E-state index contributed by atoms with van der Waals surface area (Å²) >= 11 is 0. The molecule has 1 aromatic rings. The molecule has 0 aromatic heterocycles. The Morgan fingerprint density at radius 2 is 1.57 bits per heavy atom. The lowest BCUT2D eigenvalue weighted by molar-refractivity contribution is -0.384. The number of carbonyl (C=O) groups excluding carboxylic acids is 1. The lowest BCUT2D eigenvalue weighted by Gasteiger charge is -2.33. The molecule has 1 aromatic carbocycles. The number of nitro benzene ring substituents is 1. The average molecular weight is 309 g/mol. The zero-order valence-corrected chi connectivity index (χ0v) is 12.2. The van der Waals surface area contributed by atoms with E-state index in [1.54, 1.807) is 0 Å². The summed E-state index contributed by atoms with van der Waals surface area (Å²) < 4.78 is 5.64. The average Bonchev–Trinajstić information content (AvgIpc) is 3.16. The summed E-state index contributed by atoms with van der Waals surface area (Å²) in [4.78, 5) is 22.5. The van der Waals surface area contributed by atoms with E-state index < -0.39 is 10.9 Å². The number of nitrogens with zero attached hydrogens (tertiary/aromatic N) is 1. The molecule has 0 N–H and O–H groups in total. The molecule has 3 aliphatic rings. The van der Waals surface area contributed by atoms with Crippen LogP contribution in [0, 0.1) is 33.8 Å². The van der Waals surface area contributed by atoms with E-state index in [9.17, 15) is 14.9 Å². The van der Waals surface area contributed by atoms with Gasteiger partial charge in [0.1, 0.15) is 6.10 Å². The van der Waals surface area contributed by atoms with Gasteiger partial charge in [-0.2, -0.15) is 0 Å². The van der Waals surface area contributed by atoms with Crippen LogP contribution in [0.4, 0.5) is 5.69 Å². The number of hydrogen-bond donors (Lipinski definition) is 0. The fraction of sp³-hybridized carbons (Fsp3) is 0.278. The SMILES string of the molecule is O=C(O[C@H]1C=C[C@@H]2C=C[C@@H]3C=C[C@H]1[C@@H]32)c1ccc([N+](=O)[O-])cc1. The van der Waals surface area contributed by atoms with Crippen LogP contribution < -0.4 is 0 Å². The molecule has 5 heteroatoms. The summed E-state index contributed by atoms with van der Waals surface area (Å²) in [5.41, 5.74) is 0.287. The van der Waals surface area contributed by atoms with Crippen molar-refractivity contribution >= 4 is 11.7 Å². The molecular formula is C18H15NO4. The monoisotopic (exact) mass is 309 g/mol. The zero-order chi connectivity index (χ0) is 16.0. The summed E-state index contributed by atoms with van der Waals surface area (Å²) in [5.74, 6) is 1.07. The highest BCUT2D eigenvalue weighted by molar-refractivity contribution is 5.89. The van der Waals surface area contributed by atoms with Gasteiger partial charge < -0.3 is 4.74 Å². The van der Waals surface area contributed by atoms with Gasteiger partial charge >= 0.3 is 5.97 Å². The second-order valence-corrected chi connectivity index (χ2v) is 6.14. The number of non-ortho nitro benzene ring substituents is 1. The molecule has 0 saturated heterocycles. The van der Waals surface area contributed by atoms with Crippen LogP contribution in [0.5, 0.6) is 0 Å². The number of nitro groups is 1. The molecule has 5 nitrogen and oxygen atoms in total. The Kier molecular flexibility index (Phi) is 3.15. The van der Waals surface area contributed by atoms with Gasteiger partial charge in [-0.15, -0.1) is 0 Å². The smallest absolute Gasteiger partial charge is 0.338 e. The van der Waals surface area contributed by atoms with Gasteiger partial charge in [0.05, 0.1) is 10.5 Å². The Balaban J connectivity index is 1.50. The standard InChI is InChI=1S/C18H15NO4/c20-18(13-3-7-14(8-4-13)19(21)22)23-16-10-6-12-2-1-11-5-9-15(16)17(11)12/h1-12,15-17H/t11-,12+,15-,16+,17+/m1/s1. The first-order valence-corrected chi connectivity index (χ1v) is 7.64. The molecular weight excluding hydrogens is 294 g/mol. The lowest BCUT2D eigenvalue weighted by atomic mass is 9.76. The maximum atomic E-state index is 12.3. The summed E-state index contributed by atoms with van der Waals surface area (Å²) in [5, 5.41) is 10.7. The lowest BCUT2D eigenvalue weighted by Crippen LogP contribution is -2.34. The first-order valence-electron chi connectivity index (χ1n) is 7.64. The number of rotatable bonds is 3. The van der Waals surface area contributed by atoms with Gasteiger partial charge in [-0.05, 0) is 36.0 Å². The predicted molar refractivity (Wildman–Crippen MR) is 83.7 cm³/mol. The second kappa shape index (κ2) is 5.19. The number of allylic oxidation sites excluding steroid dienone is 4. The van der Waals surface area contributed by atoms with E-state index in [1.165, 1.54) is 24.3 Å². The van der Waals surface area contributed by atoms with Crippen molar-refractivity contribution in [2.24, 2.45) is 23.7 Å². The van der Waals surface area contributed by atoms with Crippen LogP contribution in [0.2, 0.25) is 0 Å². The molecule has 0 spiro atoms. The van der Waals surface area contributed by atoms with Gasteiger partial charge in [-0.1, -0.05) is 30.4 Å². The van der Waals surface area contributed by atoms with Crippen LogP contribution in [0.3, 0.4) is 0 Å². The molecule has 4 rings (SSSR count). The molecule has 0 radical (unpaired) electrons. The van der Waals surface area contributed by atoms with E-state index >= 15 is 0 Å². The minimum absolute atomic E-state index is 0.0412. The van der Waals surface area contributed by atoms with Crippen molar-refractivity contribution < 1.29 is 14.5 Å². The van der Waals surface area contributed by atoms with E-state index in [-0.39, 0.29) is 17.7 Å². The molecule has 0 aliphatic heterocycles. The molecule has 0 unspecified atom stereocenters. The second-order valence-electron chi connectivity index (χ2n) is 6.14. The third kappa shape index (κ3) is 2.29.